The fraction of sp³-hybridized carbons (Fsp3) is 0.0714. The summed E-state index contributed by atoms with van der Waals surface area (Å²) in [7, 11) is 0. The summed E-state index contributed by atoms with van der Waals surface area (Å²) in [6.45, 7) is 0.432. The lowest BCUT2D eigenvalue weighted by Crippen LogP contribution is -2.11. The standard InChI is InChI=1S/C14H11Cl3N2O/c15-10-2-1-3-11(16)13(10)19-7-9-5-4-8(14(18)20)6-12(9)17/h1-6,19H,7H2,(H2,18,20). The van der Waals surface area contributed by atoms with Gasteiger partial charge in [0.2, 0.25) is 5.91 Å². The molecule has 6 heteroatoms. The minimum atomic E-state index is -0.513. The van der Waals surface area contributed by atoms with E-state index in [0.717, 1.165) is 5.56 Å². The van der Waals surface area contributed by atoms with Crippen molar-refractivity contribution in [1.82, 2.24) is 0 Å². The van der Waals surface area contributed by atoms with Crippen LogP contribution in [-0.4, -0.2) is 5.91 Å². The maximum atomic E-state index is 11.0. The Morgan fingerprint density at radius 3 is 2.25 bits per heavy atom. The number of hydrogen-bond acceptors (Lipinski definition) is 2. The van der Waals surface area contributed by atoms with Crippen molar-refractivity contribution >= 4 is 46.4 Å². The summed E-state index contributed by atoms with van der Waals surface area (Å²) < 4.78 is 0. The van der Waals surface area contributed by atoms with Gasteiger partial charge in [0, 0.05) is 17.1 Å². The van der Waals surface area contributed by atoms with Gasteiger partial charge >= 0.3 is 0 Å². The zero-order chi connectivity index (χ0) is 14.7. The van der Waals surface area contributed by atoms with Crippen LogP contribution in [0.1, 0.15) is 15.9 Å². The average Bonchev–Trinajstić information content (AvgIpc) is 2.39. The third kappa shape index (κ3) is 3.37. The molecule has 2 aromatic rings. The SMILES string of the molecule is NC(=O)c1ccc(CNc2c(Cl)cccc2Cl)c(Cl)c1. The number of rotatable bonds is 4. The van der Waals surface area contributed by atoms with Crippen molar-refractivity contribution in [1.29, 1.82) is 0 Å². The summed E-state index contributed by atoms with van der Waals surface area (Å²) in [5, 5.41) is 4.64. The Balaban J connectivity index is 2.17. The number of halogens is 3. The molecular weight excluding hydrogens is 319 g/mol. The summed E-state index contributed by atoms with van der Waals surface area (Å²) in [6, 6.07) is 10.2. The largest absolute Gasteiger partial charge is 0.378 e. The highest BCUT2D eigenvalue weighted by Gasteiger charge is 2.08. The van der Waals surface area contributed by atoms with E-state index in [1.807, 2.05) is 0 Å². The van der Waals surface area contributed by atoms with Gasteiger partial charge in [0.1, 0.15) is 0 Å². The first-order valence-electron chi connectivity index (χ1n) is 5.75. The zero-order valence-corrected chi connectivity index (χ0v) is 12.6. The summed E-state index contributed by atoms with van der Waals surface area (Å²) in [5.41, 5.74) is 7.02. The van der Waals surface area contributed by atoms with Gasteiger partial charge in [-0.05, 0) is 29.8 Å². The zero-order valence-electron chi connectivity index (χ0n) is 10.3. The van der Waals surface area contributed by atoms with Crippen LogP contribution in [0.5, 0.6) is 0 Å². The van der Waals surface area contributed by atoms with Crippen LogP contribution in [-0.2, 0) is 6.54 Å². The molecule has 3 N–H and O–H groups in total. The van der Waals surface area contributed by atoms with Gasteiger partial charge < -0.3 is 11.1 Å². The predicted octanol–water partition coefficient (Wildman–Crippen LogP) is 4.36. The first kappa shape index (κ1) is 15.0. The number of amides is 1. The smallest absolute Gasteiger partial charge is 0.248 e. The van der Waals surface area contributed by atoms with Crippen molar-refractivity contribution in [2.75, 3.05) is 5.32 Å². The molecule has 0 radical (unpaired) electrons. The van der Waals surface area contributed by atoms with Gasteiger partial charge in [-0.2, -0.15) is 0 Å². The van der Waals surface area contributed by atoms with E-state index in [4.69, 9.17) is 40.5 Å². The fourth-order valence-electron chi connectivity index (χ4n) is 1.69. The van der Waals surface area contributed by atoms with Crippen LogP contribution >= 0.6 is 34.8 Å². The van der Waals surface area contributed by atoms with Crippen molar-refractivity contribution in [3.8, 4) is 0 Å². The molecule has 0 aliphatic carbocycles. The van der Waals surface area contributed by atoms with E-state index in [1.165, 1.54) is 6.07 Å². The second kappa shape index (κ2) is 6.35. The van der Waals surface area contributed by atoms with Crippen LogP contribution in [0.3, 0.4) is 0 Å². The van der Waals surface area contributed by atoms with Gasteiger partial charge in [-0.1, -0.05) is 46.9 Å². The lowest BCUT2D eigenvalue weighted by Gasteiger charge is -2.11. The van der Waals surface area contributed by atoms with E-state index in [2.05, 4.69) is 5.32 Å². The maximum Gasteiger partial charge on any atom is 0.248 e. The van der Waals surface area contributed by atoms with Gasteiger partial charge in [0.15, 0.2) is 0 Å². The number of nitrogens with one attached hydrogen (secondary N) is 1. The summed E-state index contributed by atoms with van der Waals surface area (Å²) in [6.07, 6.45) is 0. The molecule has 3 nitrogen and oxygen atoms in total. The maximum absolute atomic E-state index is 11.0. The van der Waals surface area contributed by atoms with Crippen LogP contribution in [0.15, 0.2) is 36.4 Å². The van der Waals surface area contributed by atoms with E-state index < -0.39 is 5.91 Å². The van der Waals surface area contributed by atoms with Crippen molar-refractivity contribution in [3.05, 3.63) is 62.6 Å². The van der Waals surface area contributed by atoms with Gasteiger partial charge in [0.25, 0.3) is 0 Å². The number of para-hydroxylation sites is 1. The van der Waals surface area contributed by atoms with E-state index >= 15 is 0 Å². The lowest BCUT2D eigenvalue weighted by atomic mass is 10.1. The molecule has 0 spiro atoms. The highest BCUT2D eigenvalue weighted by atomic mass is 35.5. The molecule has 0 saturated heterocycles. The highest BCUT2D eigenvalue weighted by Crippen LogP contribution is 2.30. The first-order chi connectivity index (χ1) is 9.49. The molecule has 1 amide bonds. The molecule has 0 bridgehead atoms. The molecule has 0 heterocycles. The van der Waals surface area contributed by atoms with Crippen LogP contribution in [0.2, 0.25) is 15.1 Å². The molecule has 0 saturated carbocycles. The number of hydrogen-bond donors (Lipinski definition) is 2. The Hall–Kier alpha value is -1.42. The summed E-state index contributed by atoms with van der Waals surface area (Å²) in [5.74, 6) is -0.513. The van der Waals surface area contributed by atoms with E-state index in [1.54, 1.807) is 30.3 Å². The Morgan fingerprint density at radius 2 is 1.70 bits per heavy atom. The van der Waals surface area contributed by atoms with Gasteiger partial charge in [0.05, 0.1) is 15.7 Å². The number of carbonyl (C=O) groups is 1. The minimum absolute atomic E-state index is 0.370. The van der Waals surface area contributed by atoms with E-state index in [-0.39, 0.29) is 0 Å². The molecule has 0 aliphatic rings. The van der Waals surface area contributed by atoms with Crippen LogP contribution in [0, 0.1) is 0 Å². The number of carbonyl (C=O) groups excluding carboxylic acids is 1. The second-order valence-corrected chi connectivity index (χ2v) is 5.34. The molecule has 2 rings (SSSR count). The predicted molar refractivity (Wildman–Crippen MR) is 83.8 cm³/mol. The fourth-order valence-corrected chi connectivity index (χ4v) is 2.47. The van der Waals surface area contributed by atoms with Crippen molar-refractivity contribution in [3.63, 3.8) is 0 Å². The second-order valence-electron chi connectivity index (χ2n) is 4.12. The van der Waals surface area contributed by atoms with Crippen molar-refractivity contribution < 1.29 is 4.79 Å². The molecule has 104 valence electrons. The average molecular weight is 330 g/mol. The number of anilines is 1. The quantitative estimate of drug-likeness (QED) is 0.875. The molecule has 2 aromatic carbocycles. The normalized spacial score (nSPS) is 10.3. The number of primary amides is 1. The Labute approximate surface area is 131 Å². The molecule has 0 atom stereocenters. The highest BCUT2D eigenvalue weighted by molar-refractivity contribution is 6.39. The van der Waals surface area contributed by atoms with Gasteiger partial charge in [-0.3, -0.25) is 4.79 Å². The van der Waals surface area contributed by atoms with Gasteiger partial charge in [-0.15, -0.1) is 0 Å². The summed E-state index contributed by atoms with van der Waals surface area (Å²) in [4.78, 5) is 11.0. The molecule has 0 fully saturated rings. The van der Waals surface area contributed by atoms with Crippen LogP contribution < -0.4 is 11.1 Å². The van der Waals surface area contributed by atoms with E-state index in [9.17, 15) is 4.79 Å². The molecule has 20 heavy (non-hydrogen) atoms. The monoisotopic (exact) mass is 328 g/mol. The summed E-state index contributed by atoms with van der Waals surface area (Å²) >= 11 is 18.2. The third-order valence-corrected chi connectivity index (χ3v) is 3.74. The first-order valence-corrected chi connectivity index (χ1v) is 6.88. The third-order valence-electron chi connectivity index (χ3n) is 2.76. The van der Waals surface area contributed by atoms with Crippen LogP contribution in [0.25, 0.3) is 0 Å². The minimum Gasteiger partial charge on any atom is -0.378 e. The topological polar surface area (TPSA) is 55.1 Å². The molecule has 0 aliphatic heterocycles. The molecular formula is C14H11Cl3N2O. The number of benzene rings is 2. The molecule has 0 unspecified atom stereocenters. The Kier molecular flexibility index (Phi) is 4.76. The molecule has 0 aromatic heterocycles. The van der Waals surface area contributed by atoms with Gasteiger partial charge in [-0.25, -0.2) is 0 Å². The Morgan fingerprint density at radius 1 is 1.05 bits per heavy atom. The van der Waals surface area contributed by atoms with Crippen molar-refractivity contribution in [2.45, 2.75) is 6.54 Å². The lowest BCUT2D eigenvalue weighted by molar-refractivity contribution is 0.100. The Bertz CT molecular complexity index is 639. The van der Waals surface area contributed by atoms with Crippen LogP contribution in [0.4, 0.5) is 5.69 Å². The van der Waals surface area contributed by atoms with Crippen molar-refractivity contribution in [2.24, 2.45) is 5.73 Å². The van der Waals surface area contributed by atoms with E-state index in [0.29, 0.717) is 32.9 Å². The number of nitrogens with two attached hydrogens (primary N) is 1.